The van der Waals surface area contributed by atoms with Crippen LogP contribution in [0.5, 0.6) is 0 Å². The lowest BCUT2D eigenvalue weighted by Crippen LogP contribution is -2.43. The van der Waals surface area contributed by atoms with Crippen molar-refractivity contribution < 1.29 is 14.4 Å². The number of hydrogen-bond acceptors (Lipinski definition) is 3. The third kappa shape index (κ3) is 3.38. The van der Waals surface area contributed by atoms with Gasteiger partial charge in [0, 0.05) is 6.04 Å². The van der Waals surface area contributed by atoms with Crippen molar-refractivity contribution in [3.8, 4) is 0 Å². The maximum Gasteiger partial charge on any atom is 0.325 e. The van der Waals surface area contributed by atoms with Crippen LogP contribution in [0.2, 0.25) is 0 Å². The van der Waals surface area contributed by atoms with Gasteiger partial charge in [0.15, 0.2) is 0 Å². The summed E-state index contributed by atoms with van der Waals surface area (Å²) in [4.78, 5) is 38.0. The molecule has 1 unspecified atom stereocenters. The van der Waals surface area contributed by atoms with Crippen molar-refractivity contribution in [1.29, 1.82) is 0 Å². The van der Waals surface area contributed by atoms with E-state index >= 15 is 0 Å². The molecule has 1 aromatic rings. The predicted octanol–water partition coefficient (Wildman–Crippen LogP) is 2.03. The highest BCUT2D eigenvalue weighted by molar-refractivity contribution is 6.09. The fourth-order valence-electron chi connectivity index (χ4n) is 2.98. The maximum atomic E-state index is 12.8. The van der Waals surface area contributed by atoms with E-state index < -0.39 is 17.5 Å². The topological polar surface area (TPSA) is 78.5 Å². The molecule has 0 radical (unpaired) electrons. The van der Waals surface area contributed by atoms with Crippen LogP contribution in [0.1, 0.15) is 51.7 Å². The van der Waals surface area contributed by atoms with Crippen LogP contribution in [0.4, 0.5) is 4.79 Å². The summed E-state index contributed by atoms with van der Waals surface area (Å²) < 4.78 is 0. The van der Waals surface area contributed by atoms with Crippen molar-refractivity contribution in [1.82, 2.24) is 15.5 Å². The number of nitrogens with zero attached hydrogens (tertiary/aromatic N) is 1. The van der Waals surface area contributed by atoms with Crippen LogP contribution in [0, 0.1) is 0 Å². The summed E-state index contributed by atoms with van der Waals surface area (Å²) in [5.41, 5.74) is 0.726. The number of nitrogens with one attached hydrogen (secondary N) is 2. The van der Waals surface area contributed by atoms with Gasteiger partial charge >= 0.3 is 6.03 Å². The normalized spacial score (nSPS) is 23.6. The molecule has 1 aromatic carbocycles. The van der Waals surface area contributed by atoms with Crippen molar-refractivity contribution in [3.05, 3.63) is 35.4 Å². The molecule has 2 aliphatic rings. The zero-order valence-electron chi connectivity index (χ0n) is 15.2. The molecule has 2 fully saturated rings. The smallest absolute Gasteiger partial charge is 0.325 e. The second kappa shape index (κ2) is 5.86. The lowest BCUT2D eigenvalue weighted by Gasteiger charge is -2.24. The SMILES string of the molecule is CC(C)(C)c1ccc(C2(C)NC(=O)N(CC(=O)NC3CC3)C2=O)cc1. The fourth-order valence-corrected chi connectivity index (χ4v) is 2.98. The van der Waals surface area contributed by atoms with Gasteiger partial charge in [-0.05, 0) is 36.3 Å². The van der Waals surface area contributed by atoms with Crippen LogP contribution in [0.15, 0.2) is 24.3 Å². The molecule has 2 N–H and O–H groups in total. The average molecular weight is 343 g/mol. The second-order valence-electron chi connectivity index (χ2n) is 8.12. The highest BCUT2D eigenvalue weighted by Gasteiger charge is 2.49. The zero-order chi connectivity index (χ0) is 18.4. The number of carbonyl (C=O) groups excluding carboxylic acids is 3. The maximum absolute atomic E-state index is 12.8. The van der Waals surface area contributed by atoms with Gasteiger partial charge in [0.05, 0.1) is 0 Å². The van der Waals surface area contributed by atoms with Gasteiger partial charge in [-0.1, -0.05) is 45.0 Å². The van der Waals surface area contributed by atoms with Gasteiger partial charge in [-0.2, -0.15) is 0 Å². The highest BCUT2D eigenvalue weighted by Crippen LogP contribution is 2.31. The number of benzene rings is 1. The first-order valence-corrected chi connectivity index (χ1v) is 8.66. The summed E-state index contributed by atoms with van der Waals surface area (Å²) in [6, 6.07) is 7.35. The van der Waals surface area contributed by atoms with Crippen molar-refractivity contribution in [2.45, 2.75) is 57.5 Å². The molecule has 1 heterocycles. The van der Waals surface area contributed by atoms with Crippen molar-refractivity contribution in [2.24, 2.45) is 0 Å². The summed E-state index contributed by atoms with van der Waals surface area (Å²) in [6.07, 6.45) is 1.92. The summed E-state index contributed by atoms with van der Waals surface area (Å²) in [7, 11) is 0. The van der Waals surface area contributed by atoms with Gasteiger partial charge < -0.3 is 10.6 Å². The molecule has 4 amide bonds. The van der Waals surface area contributed by atoms with E-state index in [1.54, 1.807) is 6.92 Å². The van der Waals surface area contributed by atoms with E-state index in [0.29, 0.717) is 5.56 Å². The predicted molar refractivity (Wildman–Crippen MR) is 93.9 cm³/mol. The van der Waals surface area contributed by atoms with E-state index in [2.05, 4.69) is 31.4 Å². The lowest BCUT2D eigenvalue weighted by atomic mass is 9.84. The number of rotatable bonds is 4. The quantitative estimate of drug-likeness (QED) is 0.821. The Morgan fingerprint density at radius 3 is 2.36 bits per heavy atom. The number of imide groups is 1. The number of carbonyl (C=O) groups is 3. The molecule has 1 saturated heterocycles. The minimum absolute atomic E-state index is 0.00923. The molecule has 0 bridgehead atoms. The largest absolute Gasteiger partial charge is 0.352 e. The zero-order valence-corrected chi connectivity index (χ0v) is 15.2. The molecule has 1 saturated carbocycles. The van der Waals surface area contributed by atoms with Gasteiger partial charge in [-0.25, -0.2) is 4.79 Å². The van der Waals surface area contributed by atoms with Crippen LogP contribution in [-0.4, -0.2) is 35.3 Å². The summed E-state index contributed by atoms with van der Waals surface area (Å²) in [6.45, 7) is 7.79. The van der Waals surface area contributed by atoms with Crippen molar-refractivity contribution >= 4 is 17.8 Å². The van der Waals surface area contributed by atoms with E-state index in [1.165, 1.54) is 0 Å². The van der Waals surface area contributed by atoms with Crippen LogP contribution in [0.3, 0.4) is 0 Å². The minimum Gasteiger partial charge on any atom is -0.352 e. The first-order chi connectivity index (χ1) is 11.6. The van der Waals surface area contributed by atoms with Gasteiger partial charge in [0.1, 0.15) is 12.1 Å². The molecule has 1 aliphatic heterocycles. The Labute approximate surface area is 148 Å². The molecule has 6 nitrogen and oxygen atoms in total. The Balaban J connectivity index is 1.78. The van der Waals surface area contributed by atoms with Crippen molar-refractivity contribution in [2.75, 3.05) is 6.54 Å². The first kappa shape index (κ1) is 17.5. The second-order valence-corrected chi connectivity index (χ2v) is 8.12. The Morgan fingerprint density at radius 2 is 1.84 bits per heavy atom. The molecule has 1 atom stereocenters. The van der Waals surface area contributed by atoms with Crippen LogP contribution < -0.4 is 10.6 Å². The third-order valence-corrected chi connectivity index (χ3v) is 4.85. The number of amides is 4. The van der Waals surface area contributed by atoms with Gasteiger partial charge in [0.25, 0.3) is 5.91 Å². The first-order valence-electron chi connectivity index (χ1n) is 8.66. The summed E-state index contributed by atoms with van der Waals surface area (Å²) in [5.74, 6) is -0.690. The number of hydrogen-bond donors (Lipinski definition) is 2. The highest BCUT2D eigenvalue weighted by atomic mass is 16.2. The Kier molecular flexibility index (Phi) is 4.09. The van der Waals surface area contributed by atoms with E-state index in [9.17, 15) is 14.4 Å². The summed E-state index contributed by atoms with van der Waals surface area (Å²) in [5, 5.41) is 5.54. The minimum atomic E-state index is -1.15. The van der Waals surface area contributed by atoms with E-state index in [-0.39, 0.29) is 23.9 Å². The molecule has 25 heavy (non-hydrogen) atoms. The van der Waals surface area contributed by atoms with Crippen LogP contribution >= 0.6 is 0 Å². The fraction of sp³-hybridized carbons (Fsp3) is 0.526. The number of urea groups is 1. The van der Waals surface area contributed by atoms with Crippen LogP contribution in [-0.2, 0) is 20.5 Å². The van der Waals surface area contributed by atoms with E-state index in [4.69, 9.17) is 0 Å². The van der Waals surface area contributed by atoms with E-state index in [0.717, 1.165) is 23.3 Å². The van der Waals surface area contributed by atoms with Gasteiger partial charge in [-0.3, -0.25) is 14.5 Å². The van der Waals surface area contributed by atoms with Gasteiger partial charge in [-0.15, -0.1) is 0 Å². The standard InChI is InChI=1S/C19H25N3O3/c1-18(2,3)12-5-7-13(8-6-12)19(4)16(24)22(17(25)21-19)11-15(23)20-14-9-10-14/h5-8,14H,9-11H2,1-4H3,(H,20,23)(H,21,25). The Bertz CT molecular complexity index is 716. The van der Waals surface area contributed by atoms with E-state index in [1.807, 2.05) is 24.3 Å². The molecule has 6 heteroatoms. The third-order valence-electron chi connectivity index (χ3n) is 4.85. The molecule has 1 aliphatic carbocycles. The Hall–Kier alpha value is -2.37. The monoisotopic (exact) mass is 343 g/mol. The molecule has 134 valence electrons. The van der Waals surface area contributed by atoms with Crippen molar-refractivity contribution in [3.63, 3.8) is 0 Å². The molecule has 0 aromatic heterocycles. The van der Waals surface area contributed by atoms with Gasteiger partial charge in [0.2, 0.25) is 5.91 Å². The average Bonchev–Trinajstić information content (AvgIpc) is 3.31. The lowest BCUT2D eigenvalue weighted by molar-refractivity contribution is -0.134. The molecule has 3 rings (SSSR count). The molecular formula is C19H25N3O3. The van der Waals surface area contributed by atoms with Crippen LogP contribution in [0.25, 0.3) is 0 Å². The molecular weight excluding hydrogens is 318 g/mol. The Morgan fingerprint density at radius 1 is 1.24 bits per heavy atom. The molecule has 0 spiro atoms. The summed E-state index contributed by atoms with van der Waals surface area (Å²) >= 11 is 0.